The minimum atomic E-state index is -5.10. The van der Waals surface area contributed by atoms with E-state index in [2.05, 4.69) is 0 Å². The Morgan fingerprint density at radius 3 is 2.06 bits per heavy atom. The number of benzene rings is 2. The second kappa shape index (κ2) is 11.8. The van der Waals surface area contributed by atoms with Gasteiger partial charge in [0.15, 0.2) is 5.78 Å². The molecule has 0 aliphatic rings. The summed E-state index contributed by atoms with van der Waals surface area (Å²) in [5.74, 6) is -5.15. The molecular weight excluding hydrogens is 580 g/mol. The van der Waals surface area contributed by atoms with Gasteiger partial charge in [-0.05, 0) is 36.3 Å². The van der Waals surface area contributed by atoms with E-state index >= 15 is 0 Å². The van der Waals surface area contributed by atoms with Gasteiger partial charge in [0.05, 0.1) is 20.6 Å². The molecule has 2 rings (SSSR count). The zero-order valence-electron chi connectivity index (χ0n) is 18.5. The van der Waals surface area contributed by atoms with Crippen LogP contribution in [0.5, 0.6) is 0 Å². The van der Waals surface area contributed by atoms with Crippen LogP contribution in [0.2, 0.25) is 15.1 Å². The standard InChI is InChI=1S/C23H18Cl3F7O2S/c1-11(36(2)35)3-6-20(34)14-5-4-12(7-16(14)23(31,32)33)19(27)10-15(22(28,29)30)13-8-17(24)21(26)18(25)9-13/h4-5,7-11,15H,3,6H2,1-2H3/b19-10-. The molecule has 36 heavy (non-hydrogen) atoms. The SMILES string of the molecule is CC(CCC(=O)c1ccc(/C(F)=C/C(c2cc(Cl)c(Cl)c(Cl)c2)C(F)(F)F)cc1C(F)(F)F)S(C)=O. The van der Waals surface area contributed by atoms with Crippen LogP contribution in [0.1, 0.15) is 52.7 Å². The molecule has 0 spiro atoms. The minimum absolute atomic E-state index is 0.0503. The van der Waals surface area contributed by atoms with Crippen molar-refractivity contribution in [3.8, 4) is 0 Å². The summed E-state index contributed by atoms with van der Waals surface area (Å²) in [4.78, 5) is 12.4. The smallest absolute Gasteiger partial charge is 0.294 e. The van der Waals surface area contributed by atoms with Crippen molar-refractivity contribution < 1.29 is 39.7 Å². The molecule has 0 bridgehead atoms. The molecule has 0 aliphatic carbocycles. The molecule has 0 fully saturated rings. The van der Waals surface area contributed by atoms with Crippen LogP contribution in [0.15, 0.2) is 36.4 Å². The Bertz CT molecular complexity index is 1170. The van der Waals surface area contributed by atoms with Crippen LogP contribution >= 0.6 is 34.8 Å². The van der Waals surface area contributed by atoms with Gasteiger partial charge >= 0.3 is 12.4 Å². The van der Waals surface area contributed by atoms with Gasteiger partial charge in [0, 0.05) is 39.9 Å². The number of rotatable bonds is 8. The molecule has 13 heteroatoms. The number of carbonyl (C=O) groups is 1. The summed E-state index contributed by atoms with van der Waals surface area (Å²) >= 11 is 17.3. The lowest BCUT2D eigenvalue weighted by molar-refractivity contribution is -0.140. The van der Waals surface area contributed by atoms with Crippen molar-refractivity contribution >= 4 is 57.2 Å². The number of carbonyl (C=O) groups excluding carboxylic acids is 1. The van der Waals surface area contributed by atoms with Gasteiger partial charge in [0.2, 0.25) is 0 Å². The highest BCUT2D eigenvalue weighted by Gasteiger charge is 2.41. The number of halogens is 10. The number of allylic oxidation sites excluding steroid dienone is 1. The molecule has 0 saturated heterocycles. The topological polar surface area (TPSA) is 34.1 Å². The molecule has 0 N–H and O–H groups in total. The van der Waals surface area contributed by atoms with Crippen LogP contribution in [0.3, 0.4) is 0 Å². The highest BCUT2D eigenvalue weighted by Crippen LogP contribution is 2.43. The fourth-order valence-electron chi connectivity index (χ4n) is 3.18. The van der Waals surface area contributed by atoms with E-state index in [-0.39, 0.29) is 40.1 Å². The third-order valence-electron chi connectivity index (χ3n) is 5.28. The molecule has 0 radical (unpaired) electrons. The number of alkyl halides is 6. The number of hydrogen-bond donors (Lipinski definition) is 0. The quantitative estimate of drug-likeness (QED) is 0.173. The van der Waals surface area contributed by atoms with E-state index in [4.69, 9.17) is 34.8 Å². The minimum Gasteiger partial charge on any atom is -0.294 e. The molecule has 0 aliphatic heterocycles. The Hall–Kier alpha value is -1.62. The molecular formula is C23H18Cl3F7O2S. The maximum absolute atomic E-state index is 14.9. The molecule has 2 aromatic carbocycles. The van der Waals surface area contributed by atoms with E-state index in [0.717, 1.165) is 18.2 Å². The summed E-state index contributed by atoms with van der Waals surface area (Å²) in [6.07, 6.45) is -8.98. The summed E-state index contributed by atoms with van der Waals surface area (Å²) in [5.41, 5.74) is -3.67. The Balaban J connectivity index is 2.52. The van der Waals surface area contributed by atoms with E-state index < -0.39 is 68.2 Å². The van der Waals surface area contributed by atoms with E-state index in [0.29, 0.717) is 6.07 Å². The molecule has 0 saturated carbocycles. The predicted octanol–water partition coefficient (Wildman–Crippen LogP) is 9.05. The van der Waals surface area contributed by atoms with Gasteiger partial charge in [0.25, 0.3) is 0 Å². The predicted molar refractivity (Wildman–Crippen MR) is 128 cm³/mol. The highest BCUT2D eigenvalue weighted by molar-refractivity contribution is 7.84. The zero-order valence-corrected chi connectivity index (χ0v) is 21.6. The van der Waals surface area contributed by atoms with E-state index in [1.165, 1.54) is 6.26 Å². The van der Waals surface area contributed by atoms with Crippen LogP contribution in [0.25, 0.3) is 5.83 Å². The van der Waals surface area contributed by atoms with Crippen molar-refractivity contribution in [2.45, 2.75) is 43.3 Å². The van der Waals surface area contributed by atoms with Gasteiger partial charge in [-0.1, -0.05) is 53.9 Å². The lowest BCUT2D eigenvalue weighted by Crippen LogP contribution is -2.19. The average molecular weight is 598 g/mol. The zero-order chi connectivity index (χ0) is 27.6. The summed E-state index contributed by atoms with van der Waals surface area (Å²) in [6.45, 7) is 1.56. The van der Waals surface area contributed by atoms with Gasteiger partial charge in [-0.2, -0.15) is 26.3 Å². The summed E-state index contributed by atoms with van der Waals surface area (Å²) in [7, 11) is -1.30. The van der Waals surface area contributed by atoms with Crippen LogP contribution in [0, 0.1) is 0 Å². The summed E-state index contributed by atoms with van der Waals surface area (Å²) in [5, 5.41) is -1.32. The van der Waals surface area contributed by atoms with Crippen LogP contribution < -0.4 is 0 Å². The fraction of sp³-hybridized carbons (Fsp3) is 0.348. The number of Topliss-reactive ketones (excluding diaryl/α,β-unsaturated/α-hetero) is 1. The van der Waals surface area contributed by atoms with Crippen LogP contribution in [-0.2, 0) is 17.0 Å². The van der Waals surface area contributed by atoms with E-state index in [9.17, 15) is 39.7 Å². The monoisotopic (exact) mass is 596 g/mol. The fourth-order valence-corrected chi connectivity index (χ4v) is 4.25. The first kappa shape index (κ1) is 30.6. The van der Waals surface area contributed by atoms with Crippen molar-refractivity contribution in [1.82, 2.24) is 0 Å². The van der Waals surface area contributed by atoms with Crippen molar-refractivity contribution in [1.29, 1.82) is 0 Å². The second-order valence-electron chi connectivity index (χ2n) is 7.86. The molecule has 0 amide bonds. The Morgan fingerprint density at radius 2 is 1.58 bits per heavy atom. The van der Waals surface area contributed by atoms with Crippen molar-refractivity contribution in [2.75, 3.05) is 6.26 Å². The van der Waals surface area contributed by atoms with Gasteiger partial charge in [-0.15, -0.1) is 0 Å². The lowest BCUT2D eigenvalue weighted by atomic mass is 9.94. The van der Waals surface area contributed by atoms with Crippen molar-refractivity contribution in [3.63, 3.8) is 0 Å². The van der Waals surface area contributed by atoms with Crippen LogP contribution in [-0.4, -0.2) is 27.7 Å². The maximum atomic E-state index is 14.9. The highest BCUT2D eigenvalue weighted by atomic mass is 35.5. The van der Waals surface area contributed by atoms with Crippen LogP contribution in [0.4, 0.5) is 30.7 Å². The van der Waals surface area contributed by atoms with Crippen molar-refractivity contribution in [2.24, 2.45) is 0 Å². The second-order valence-corrected chi connectivity index (χ2v) is 10.9. The van der Waals surface area contributed by atoms with Gasteiger partial charge < -0.3 is 0 Å². The van der Waals surface area contributed by atoms with Gasteiger partial charge in [-0.25, -0.2) is 4.39 Å². The lowest BCUT2D eigenvalue weighted by Gasteiger charge is -2.19. The first-order chi connectivity index (χ1) is 16.4. The third kappa shape index (κ3) is 7.69. The Kier molecular flexibility index (Phi) is 10.1. The number of ketones is 1. The first-order valence-corrected chi connectivity index (χ1v) is 12.8. The van der Waals surface area contributed by atoms with Crippen molar-refractivity contribution in [3.05, 3.63) is 73.7 Å². The Morgan fingerprint density at radius 1 is 1.03 bits per heavy atom. The molecule has 2 nitrogen and oxygen atoms in total. The molecule has 198 valence electrons. The Labute approximate surface area is 219 Å². The molecule has 3 atom stereocenters. The number of hydrogen-bond acceptors (Lipinski definition) is 2. The molecule has 0 aromatic heterocycles. The first-order valence-electron chi connectivity index (χ1n) is 10.1. The average Bonchev–Trinajstić information content (AvgIpc) is 2.76. The molecule has 3 unspecified atom stereocenters. The maximum Gasteiger partial charge on any atom is 0.417 e. The van der Waals surface area contributed by atoms with Gasteiger partial charge in [0.1, 0.15) is 11.7 Å². The third-order valence-corrected chi connectivity index (χ3v) is 7.84. The van der Waals surface area contributed by atoms with E-state index in [1.807, 2.05) is 0 Å². The molecule has 0 heterocycles. The molecule has 2 aromatic rings. The normalized spacial score (nSPS) is 15.5. The van der Waals surface area contributed by atoms with E-state index in [1.54, 1.807) is 6.92 Å². The summed E-state index contributed by atoms with van der Waals surface area (Å²) in [6, 6.07) is 3.41. The van der Waals surface area contributed by atoms with Gasteiger partial charge in [-0.3, -0.25) is 9.00 Å². The summed E-state index contributed by atoms with van der Waals surface area (Å²) < 4.78 is 108. The largest absolute Gasteiger partial charge is 0.417 e.